The third kappa shape index (κ3) is 4.39. The molecular formula is C23H19N3O4S2. The van der Waals surface area contributed by atoms with Gasteiger partial charge in [-0.1, -0.05) is 59.4 Å². The van der Waals surface area contributed by atoms with Gasteiger partial charge in [-0.15, -0.1) is 0 Å². The van der Waals surface area contributed by atoms with Gasteiger partial charge in [0.05, 0.1) is 16.2 Å². The zero-order valence-electron chi connectivity index (χ0n) is 17.2. The highest BCUT2D eigenvalue weighted by Gasteiger charge is 2.23. The third-order valence-electron chi connectivity index (χ3n) is 4.79. The summed E-state index contributed by atoms with van der Waals surface area (Å²) in [6.07, 6.45) is 0. The SMILES string of the molecule is Cc1ccc(S(=O)(=O)Nc2nc(C)c(C(=O)c3ccc(-c4ccccc4)[nH]c3=O)s2)cc1. The molecule has 4 aromatic rings. The van der Waals surface area contributed by atoms with Gasteiger partial charge in [-0.05, 0) is 43.7 Å². The summed E-state index contributed by atoms with van der Waals surface area (Å²) in [6.45, 7) is 3.46. The molecule has 0 aliphatic rings. The average Bonchev–Trinajstić information content (AvgIpc) is 3.13. The van der Waals surface area contributed by atoms with E-state index in [0.717, 1.165) is 22.5 Å². The van der Waals surface area contributed by atoms with Crippen LogP contribution in [0.3, 0.4) is 0 Å². The molecule has 0 unspecified atom stereocenters. The standard InChI is InChI=1S/C23H19N3O4S2/c1-14-8-10-17(11-9-14)32(29,30)26-23-24-15(2)21(31-23)20(27)18-12-13-19(25-22(18)28)16-6-4-3-5-7-16/h3-13H,1-2H3,(H,24,26)(H,25,28). The Balaban J connectivity index is 1.61. The zero-order valence-corrected chi connectivity index (χ0v) is 18.9. The number of sulfonamides is 1. The molecule has 0 spiro atoms. The van der Waals surface area contributed by atoms with Crippen LogP contribution in [0, 0.1) is 13.8 Å². The largest absolute Gasteiger partial charge is 0.321 e. The molecule has 2 heterocycles. The number of aryl methyl sites for hydroxylation is 2. The Kier molecular flexibility index (Phi) is 5.77. The van der Waals surface area contributed by atoms with Crippen molar-refractivity contribution in [2.75, 3.05) is 4.72 Å². The summed E-state index contributed by atoms with van der Waals surface area (Å²) in [4.78, 5) is 32.8. The molecule has 0 atom stereocenters. The van der Waals surface area contributed by atoms with Crippen LogP contribution in [0.15, 0.2) is 76.4 Å². The molecule has 9 heteroatoms. The van der Waals surface area contributed by atoms with Crippen molar-refractivity contribution in [1.82, 2.24) is 9.97 Å². The molecule has 162 valence electrons. The molecule has 32 heavy (non-hydrogen) atoms. The first-order chi connectivity index (χ1) is 15.2. The summed E-state index contributed by atoms with van der Waals surface area (Å²) in [5.74, 6) is -0.512. The summed E-state index contributed by atoms with van der Waals surface area (Å²) in [6, 6.07) is 18.8. The van der Waals surface area contributed by atoms with Crippen LogP contribution in [0.25, 0.3) is 11.3 Å². The lowest BCUT2D eigenvalue weighted by atomic mass is 10.1. The number of thiazole rings is 1. The number of hydrogen-bond donors (Lipinski definition) is 2. The van der Waals surface area contributed by atoms with Gasteiger partial charge in [0.2, 0.25) is 5.78 Å². The highest BCUT2D eigenvalue weighted by Crippen LogP contribution is 2.27. The van der Waals surface area contributed by atoms with E-state index in [-0.39, 0.29) is 20.5 Å². The van der Waals surface area contributed by atoms with Crippen molar-refractivity contribution >= 4 is 32.3 Å². The number of H-pyrrole nitrogens is 1. The number of carbonyl (C=O) groups is 1. The van der Waals surface area contributed by atoms with Gasteiger partial charge >= 0.3 is 0 Å². The van der Waals surface area contributed by atoms with E-state index >= 15 is 0 Å². The van der Waals surface area contributed by atoms with Gasteiger partial charge in [-0.2, -0.15) is 0 Å². The second-order valence-corrected chi connectivity index (χ2v) is 9.84. The molecule has 2 aromatic heterocycles. The topological polar surface area (TPSA) is 109 Å². The van der Waals surface area contributed by atoms with Gasteiger partial charge in [0.25, 0.3) is 15.6 Å². The van der Waals surface area contributed by atoms with Crippen LogP contribution >= 0.6 is 11.3 Å². The quantitative estimate of drug-likeness (QED) is 0.416. The minimum atomic E-state index is -3.85. The first-order valence-corrected chi connectivity index (χ1v) is 11.9. The van der Waals surface area contributed by atoms with Gasteiger partial charge in [0.1, 0.15) is 4.88 Å². The highest BCUT2D eigenvalue weighted by atomic mass is 32.2. The normalized spacial score (nSPS) is 11.3. The van der Waals surface area contributed by atoms with Gasteiger partial charge < -0.3 is 4.98 Å². The van der Waals surface area contributed by atoms with E-state index in [1.54, 1.807) is 25.1 Å². The molecule has 0 aliphatic carbocycles. The first kappa shape index (κ1) is 21.7. The summed E-state index contributed by atoms with van der Waals surface area (Å²) < 4.78 is 27.6. The monoisotopic (exact) mass is 465 g/mol. The van der Waals surface area contributed by atoms with E-state index in [1.807, 2.05) is 37.3 Å². The molecule has 4 rings (SSSR count). The maximum Gasteiger partial charge on any atom is 0.263 e. The van der Waals surface area contributed by atoms with Gasteiger partial charge in [-0.3, -0.25) is 14.3 Å². The fourth-order valence-electron chi connectivity index (χ4n) is 3.10. The summed E-state index contributed by atoms with van der Waals surface area (Å²) in [5, 5.41) is 0.0590. The van der Waals surface area contributed by atoms with Crippen LogP contribution in [0.4, 0.5) is 5.13 Å². The van der Waals surface area contributed by atoms with Crippen molar-refractivity contribution in [3.8, 4) is 11.3 Å². The van der Waals surface area contributed by atoms with E-state index in [0.29, 0.717) is 11.4 Å². The van der Waals surface area contributed by atoms with Crippen LogP contribution in [0.5, 0.6) is 0 Å². The fourth-order valence-corrected chi connectivity index (χ4v) is 5.26. The second kappa shape index (κ2) is 8.52. The predicted molar refractivity (Wildman–Crippen MR) is 125 cm³/mol. The Labute approximate surface area is 188 Å². The Morgan fingerprint density at radius 3 is 2.31 bits per heavy atom. The zero-order chi connectivity index (χ0) is 22.9. The Hall–Kier alpha value is -3.56. The molecule has 0 fully saturated rings. The number of nitrogens with one attached hydrogen (secondary N) is 2. The second-order valence-electron chi connectivity index (χ2n) is 7.16. The molecule has 7 nitrogen and oxygen atoms in total. The van der Waals surface area contributed by atoms with Crippen molar-refractivity contribution in [3.63, 3.8) is 0 Å². The van der Waals surface area contributed by atoms with E-state index in [1.165, 1.54) is 18.2 Å². The number of anilines is 1. The van der Waals surface area contributed by atoms with Crippen LogP contribution in [0.2, 0.25) is 0 Å². The number of rotatable bonds is 6. The minimum absolute atomic E-state index is 0.0376. The smallest absolute Gasteiger partial charge is 0.263 e. The lowest BCUT2D eigenvalue weighted by Gasteiger charge is -2.05. The van der Waals surface area contributed by atoms with E-state index in [9.17, 15) is 18.0 Å². The summed E-state index contributed by atoms with van der Waals surface area (Å²) in [7, 11) is -3.85. The average molecular weight is 466 g/mol. The molecule has 2 aromatic carbocycles. The molecule has 2 N–H and O–H groups in total. The van der Waals surface area contributed by atoms with E-state index < -0.39 is 21.4 Å². The van der Waals surface area contributed by atoms with Gasteiger partial charge in [0, 0.05) is 5.69 Å². The summed E-state index contributed by atoms with van der Waals surface area (Å²) in [5.41, 5.74) is 2.14. The number of nitrogens with zero attached hydrogens (tertiary/aromatic N) is 1. The molecular weight excluding hydrogens is 446 g/mol. The Morgan fingerprint density at radius 2 is 1.66 bits per heavy atom. The number of pyridine rings is 1. The van der Waals surface area contributed by atoms with Gasteiger partial charge in [-0.25, -0.2) is 13.4 Å². The number of hydrogen-bond acceptors (Lipinski definition) is 6. The fraction of sp³-hybridized carbons (Fsp3) is 0.0870. The van der Waals surface area contributed by atoms with E-state index in [4.69, 9.17) is 0 Å². The molecule has 0 bridgehead atoms. The van der Waals surface area contributed by atoms with Crippen molar-refractivity contribution in [3.05, 3.63) is 98.8 Å². The molecule has 0 amide bonds. The molecule has 0 radical (unpaired) electrons. The van der Waals surface area contributed by atoms with Crippen molar-refractivity contribution in [1.29, 1.82) is 0 Å². The lowest BCUT2D eigenvalue weighted by Crippen LogP contribution is -2.18. The molecule has 0 saturated carbocycles. The van der Waals surface area contributed by atoms with Crippen molar-refractivity contribution in [2.45, 2.75) is 18.7 Å². The molecule has 0 aliphatic heterocycles. The lowest BCUT2D eigenvalue weighted by molar-refractivity contribution is 0.104. The maximum atomic E-state index is 13.0. The number of aromatic nitrogens is 2. The highest BCUT2D eigenvalue weighted by molar-refractivity contribution is 7.93. The number of benzene rings is 2. The van der Waals surface area contributed by atoms with Crippen LogP contribution in [-0.4, -0.2) is 24.2 Å². The van der Waals surface area contributed by atoms with Crippen LogP contribution in [-0.2, 0) is 10.0 Å². The van der Waals surface area contributed by atoms with Gasteiger partial charge in [0.15, 0.2) is 5.13 Å². The maximum absolute atomic E-state index is 13.0. The van der Waals surface area contributed by atoms with Crippen molar-refractivity contribution < 1.29 is 13.2 Å². The van der Waals surface area contributed by atoms with Crippen LogP contribution in [0.1, 0.15) is 26.5 Å². The third-order valence-corrected chi connectivity index (χ3v) is 7.35. The number of carbonyl (C=O) groups excluding carboxylic acids is 1. The Morgan fingerprint density at radius 1 is 0.969 bits per heavy atom. The predicted octanol–water partition coefficient (Wildman–Crippen LogP) is 4.15. The van der Waals surface area contributed by atoms with Crippen molar-refractivity contribution in [2.24, 2.45) is 0 Å². The van der Waals surface area contributed by atoms with Crippen LogP contribution < -0.4 is 10.3 Å². The first-order valence-electron chi connectivity index (χ1n) is 9.65. The number of ketones is 1. The number of aromatic amines is 1. The summed E-state index contributed by atoms with van der Waals surface area (Å²) >= 11 is 0.893. The minimum Gasteiger partial charge on any atom is -0.321 e. The van der Waals surface area contributed by atoms with E-state index in [2.05, 4.69) is 14.7 Å². The molecule has 0 saturated heterocycles. The Bertz CT molecular complexity index is 1460.